The number of likely N-dealkylation sites (tertiary alicyclic amines) is 1. The smallest absolute Gasteiger partial charge is 0.337 e. The van der Waals surface area contributed by atoms with Gasteiger partial charge < -0.3 is 14.9 Å². The molecule has 1 aromatic rings. The van der Waals surface area contributed by atoms with E-state index in [9.17, 15) is 4.79 Å². The van der Waals surface area contributed by atoms with Crippen molar-refractivity contribution in [3.63, 3.8) is 0 Å². The maximum absolute atomic E-state index is 11.0. The molecule has 1 saturated heterocycles. The number of carboxylic acids is 1. The molecule has 4 heterocycles. The molecule has 118 valence electrons. The van der Waals surface area contributed by atoms with Gasteiger partial charge in [-0.15, -0.1) is 5.10 Å². The fraction of sp³-hybridized carbons (Fsp3) is 0.312. The summed E-state index contributed by atoms with van der Waals surface area (Å²) < 4.78 is 1.92. The SMILES string of the molecule is O=C(O)C1=CN2CC=C(N3CCC(n4ccnn4)C3)C=C2C=C1. The highest BCUT2D eigenvalue weighted by Crippen LogP contribution is 2.29. The van der Waals surface area contributed by atoms with Crippen molar-refractivity contribution in [3.8, 4) is 0 Å². The van der Waals surface area contributed by atoms with Crippen molar-refractivity contribution in [1.82, 2.24) is 24.8 Å². The zero-order chi connectivity index (χ0) is 15.8. The van der Waals surface area contributed by atoms with Gasteiger partial charge in [-0.1, -0.05) is 5.21 Å². The third-order valence-corrected chi connectivity index (χ3v) is 4.44. The van der Waals surface area contributed by atoms with Gasteiger partial charge in [-0.05, 0) is 30.7 Å². The molecule has 0 radical (unpaired) electrons. The number of carboxylic acid groups (broad SMARTS) is 1. The number of nitrogens with zero attached hydrogens (tertiary/aromatic N) is 5. The van der Waals surface area contributed by atoms with Crippen molar-refractivity contribution in [2.45, 2.75) is 12.5 Å². The highest BCUT2D eigenvalue weighted by Gasteiger charge is 2.27. The summed E-state index contributed by atoms with van der Waals surface area (Å²) in [4.78, 5) is 15.4. The first-order valence-corrected chi connectivity index (χ1v) is 7.63. The first-order valence-electron chi connectivity index (χ1n) is 7.63. The zero-order valence-corrected chi connectivity index (χ0v) is 12.5. The van der Waals surface area contributed by atoms with E-state index < -0.39 is 5.97 Å². The number of aliphatic carboxylic acids is 1. The topological polar surface area (TPSA) is 74.5 Å². The van der Waals surface area contributed by atoms with Gasteiger partial charge in [-0.3, -0.25) is 0 Å². The van der Waals surface area contributed by atoms with Crippen LogP contribution in [0.2, 0.25) is 0 Å². The second-order valence-corrected chi connectivity index (χ2v) is 5.85. The highest BCUT2D eigenvalue weighted by molar-refractivity contribution is 5.90. The molecule has 23 heavy (non-hydrogen) atoms. The first-order chi connectivity index (χ1) is 11.2. The quantitative estimate of drug-likeness (QED) is 0.902. The molecule has 3 aliphatic heterocycles. The van der Waals surface area contributed by atoms with Gasteiger partial charge in [-0.25, -0.2) is 9.48 Å². The molecule has 0 aliphatic carbocycles. The summed E-state index contributed by atoms with van der Waals surface area (Å²) in [5, 5.41) is 17.0. The molecule has 1 atom stereocenters. The molecule has 1 aromatic heterocycles. The molecule has 7 heteroatoms. The Balaban J connectivity index is 1.48. The van der Waals surface area contributed by atoms with Crippen LogP contribution in [0.3, 0.4) is 0 Å². The number of hydrogen-bond acceptors (Lipinski definition) is 5. The molecular formula is C16H17N5O2. The Morgan fingerprint density at radius 2 is 2.22 bits per heavy atom. The Labute approximate surface area is 133 Å². The number of rotatable bonds is 3. The highest BCUT2D eigenvalue weighted by atomic mass is 16.4. The summed E-state index contributed by atoms with van der Waals surface area (Å²) >= 11 is 0. The number of aromatic nitrogens is 3. The Hall–Kier alpha value is -2.83. The maximum Gasteiger partial charge on any atom is 0.337 e. The van der Waals surface area contributed by atoms with E-state index in [4.69, 9.17) is 5.11 Å². The van der Waals surface area contributed by atoms with Crippen molar-refractivity contribution in [2.75, 3.05) is 19.6 Å². The van der Waals surface area contributed by atoms with Gasteiger partial charge in [0.2, 0.25) is 0 Å². The van der Waals surface area contributed by atoms with Crippen LogP contribution in [-0.4, -0.2) is 55.5 Å². The van der Waals surface area contributed by atoms with E-state index in [1.165, 1.54) is 5.70 Å². The minimum absolute atomic E-state index is 0.311. The molecule has 3 aliphatic rings. The molecule has 1 unspecified atom stereocenters. The van der Waals surface area contributed by atoms with Crippen LogP contribution >= 0.6 is 0 Å². The van der Waals surface area contributed by atoms with Gasteiger partial charge in [0.25, 0.3) is 0 Å². The van der Waals surface area contributed by atoms with Gasteiger partial charge in [-0.2, -0.15) is 0 Å². The lowest BCUT2D eigenvalue weighted by atomic mass is 10.1. The van der Waals surface area contributed by atoms with Crippen LogP contribution in [0.15, 0.2) is 59.9 Å². The Kier molecular flexibility index (Phi) is 3.25. The molecule has 1 N–H and O–H groups in total. The van der Waals surface area contributed by atoms with Crippen LogP contribution in [0, 0.1) is 0 Å². The third kappa shape index (κ3) is 2.54. The van der Waals surface area contributed by atoms with E-state index in [1.54, 1.807) is 18.5 Å². The van der Waals surface area contributed by atoms with Crippen molar-refractivity contribution in [3.05, 3.63) is 59.9 Å². The monoisotopic (exact) mass is 311 g/mol. The molecule has 0 amide bonds. The van der Waals surface area contributed by atoms with E-state index in [0.717, 1.165) is 25.2 Å². The van der Waals surface area contributed by atoms with Gasteiger partial charge >= 0.3 is 5.97 Å². The van der Waals surface area contributed by atoms with Crippen LogP contribution < -0.4 is 0 Å². The van der Waals surface area contributed by atoms with Gasteiger partial charge in [0.05, 0.1) is 17.8 Å². The van der Waals surface area contributed by atoms with Crippen molar-refractivity contribution < 1.29 is 9.90 Å². The van der Waals surface area contributed by atoms with Crippen LogP contribution in [0.5, 0.6) is 0 Å². The summed E-state index contributed by atoms with van der Waals surface area (Å²) in [5.41, 5.74) is 2.53. The largest absolute Gasteiger partial charge is 0.478 e. The second kappa shape index (κ2) is 5.42. The summed E-state index contributed by atoms with van der Waals surface area (Å²) in [6.45, 7) is 2.59. The molecule has 4 rings (SSSR count). The second-order valence-electron chi connectivity index (χ2n) is 5.85. The molecule has 0 spiro atoms. The fourth-order valence-corrected chi connectivity index (χ4v) is 3.20. The van der Waals surface area contributed by atoms with Crippen molar-refractivity contribution >= 4 is 5.97 Å². The van der Waals surface area contributed by atoms with E-state index in [1.807, 2.05) is 21.9 Å². The first kappa shape index (κ1) is 13.8. The third-order valence-electron chi connectivity index (χ3n) is 4.44. The van der Waals surface area contributed by atoms with Crippen LogP contribution in [0.25, 0.3) is 0 Å². The number of allylic oxidation sites excluding steroid dienone is 2. The van der Waals surface area contributed by atoms with Gasteiger partial charge in [0.15, 0.2) is 0 Å². The Morgan fingerprint density at radius 3 is 3.00 bits per heavy atom. The van der Waals surface area contributed by atoms with Gasteiger partial charge in [0.1, 0.15) is 0 Å². The van der Waals surface area contributed by atoms with E-state index >= 15 is 0 Å². The Morgan fingerprint density at radius 1 is 1.30 bits per heavy atom. The van der Waals surface area contributed by atoms with Crippen LogP contribution in [-0.2, 0) is 4.79 Å². The van der Waals surface area contributed by atoms with E-state index in [2.05, 4.69) is 27.4 Å². The minimum Gasteiger partial charge on any atom is -0.478 e. The lowest BCUT2D eigenvalue weighted by Crippen LogP contribution is -2.28. The lowest BCUT2D eigenvalue weighted by Gasteiger charge is -2.31. The van der Waals surface area contributed by atoms with Crippen molar-refractivity contribution in [2.24, 2.45) is 0 Å². The van der Waals surface area contributed by atoms with E-state index in [0.29, 0.717) is 18.2 Å². The van der Waals surface area contributed by atoms with E-state index in [-0.39, 0.29) is 0 Å². The Bertz CT molecular complexity index is 745. The number of hydrogen-bond donors (Lipinski definition) is 1. The normalized spacial score (nSPS) is 23.3. The predicted octanol–water partition coefficient (Wildman–Crippen LogP) is 1.15. The average Bonchev–Trinajstić information content (AvgIpc) is 3.24. The molecular weight excluding hydrogens is 294 g/mol. The lowest BCUT2D eigenvalue weighted by molar-refractivity contribution is -0.132. The molecule has 0 aromatic carbocycles. The summed E-state index contributed by atoms with van der Waals surface area (Å²) in [6, 6.07) is 0.357. The molecule has 0 saturated carbocycles. The summed E-state index contributed by atoms with van der Waals surface area (Å²) in [6.07, 6.45) is 14.1. The average molecular weight is 311 g/mol. The van der Waals surface area contributed by atoms with Crippen LogP contribution in [0.4, 0.5) is 0 Å². The zero-order valence-electron chi connectivity index (χ0n) is 12.5. The maximum atomic E-state index is 11.0. The predicted molar refractivity (Wildman–Crippen MR) is 83.0 cm³/mol. The molecule has 0 bridgehead atoms. The van der Waals surface area contributed by atoms with Crippen LogP contribution in [0.1, 0.15) is 12.5 Å². The number of fused-ring (bicyclic) bond motifs is 1. The molecule has 1 fully saturated rings. The minimum atomic E-state index is -0.898. The summed E-state index contributed by atoms with van der Waals surface area (Å²) in [5.74, 6) is -0.898. The summed E-state index contributed by atoms with van der Waals surface area (Å²) in [7, 11) is 0. The fourth-order valence-electron chi connectivity index (χ4n) is 3.20. The number of carbonyl (C=O) groups is 1. The van der Waals surface area contributed by atoms with Gasteiger partial charge in [0, 0.05) is 43.4 Å². The standard InChI is InChI=1S/C16H17N5O2/c22-16(23)12-1-2-13-9-14(3-6-19(13)10-12)20-7-4-15(11-20)21-8-5-17-18-21/h1-3,5,8-10,15H,4,6-7,11H2,(H,22,23). The molecule has 7 nitrogen and oxygen atoms in total. The van der Waals surface area contributed by atoms with Crippen molar-refractivity contribution in [1.29, 1.82) is 0 Å².